The number of oxazole rings is 1. The first-order chi connectivity index (χ1) is 9.58. The van der Waals surface area contributed by atoms with E-state index in [-0.39, 0.29) is 0 Å². The number of ether oxygens (including phenoxy) is 1. The van der Waals surface area contributed by atoms with E-state index in [9.17, 15) is 0 Å². The Hall–Kier alpha value is -2.49. The van der Waals surface area contributed by atoms with Crippen LogP contribution in [0, 0.1) is 13.8 Å². The fourth-order valence-electron chi connectivity index (χ4n) is 2.35. The minimum Gasteiger partial charge on any atom is -0.497 e. The van der Waals surface area contributed by atoms with Crippen LogP contribution in [-0.4, -0.2) is 12.1 Å². The molecule has 102 valence electrons. The van der Waals surface area contributed by atoms with Crippen molar-refractivity contribution in [3.05, 3.63) is 41.5 Å². The van der Waals surface area contributed by atoms with Crippen LogP contribution in [0.3, 0.4) is 0 Å². The molecule has 0 aliphatic heterocycles. The van der Waals surface area contributed by atoms with Gasteiger partial charge < -0.3 is 14.9 Å². The van der Waals surface area contributed by atoms with E-state index in [4.69, 9.17) is 14.9 Å². The van der Waals surface area contributed by atoms with E-state index in [0.717, 1.165) is 33.5 Å². The first-order valence-electron chi connectivity index (χ1n) is 6.40. The van der Waals surface area contributed by atoms with Gasteiger partial charge in [0.25, 0.3) is 0 Å². The standard InChI is InChI=1S/C16H16N2O2/c1-9-6-10(2)15-14(7-9)18-16(20-15)12-5-4-11(19-3)8-13(12)17/h4-8H,17H2,1-3H3. The van der Waals surface area contributed by atoms with Crippen LogP contribution in [0.2, 0.25) is 0 Å². The SMILES string of the molecule is COc1ccc(-c2nc3cc(C)cc(C)c3o2)c(N)c1. The second-order valence-electron chi connectivity index (χ2n) is 4.90. The Balaban J connectivity index is 2.17. The molecule has 4 nitrogen and oxygen atoms in total. The number of nitrogen functional groups attached to an aromatic ring is 1. The maximum absolute atomic E-state index is 6.04. The third-order valence-corrected chi connectivity index (χ3v) is 3.31. The molecule has 0 atom stereocenters. The number of aryl methyl sites for hydroxylation is 2. The van der Waals surface area contributed by atoms with E-state index in [1.54, 1.807) is 13.2 Å². The predicted octanol–water partition coefficient (Wildman–Crippen LogP) is 3.70. The molecule has 20 heavy (non-hydrogen) atoms. The second-order valence-corrected chi connectivity index (χ2v) is 4.90. The number of rotatable bonds is 2. The average Bonchev–Trinajstić information content (AvgIpc) is 2.82. The van der Waals surface area contributed by atoms with Crippen LogP contribution < -0.4 is 10.5 Å². The Labute approximate surface area is 117 Å². The van der Waals surface area contributed by atoms with Gasteiger partial charge in [-0.15, -0.1) is 0 Å². The van der Waals surface area contributed by atoms with Crippen molar-refractivity contribution < 1.29 is 9.15 Å². The maximum Gasteiger partial charge on any atom is 0.229 e. The fourth-order valence-corrected chi connectivity index (χ4v) is 2.35. The van der Waals surface area contributed by atoms with Crippen molar-refractivity contribution in [1.82, 2.24) is 4.98 Å². The van der Waals surface area contributed by atoms with Crippen molar-refractivity contribution in [1.29, 1.82) is 0 Å². The van der Waals surface area contributed by atoms with E-state index in [1.807, 2.05) is 32.0 Å². The van der Waals surface area contributed by atoms with Gasteiger partial charge in [0, 0.05) is 11.8 Å². The zero-order valence-electron chi connectivity index (χ0n) is 11.7. The molecule has 1 heterocycles. The Morgan fingerprint density at radius 2 is 1.95 bits per heavy atom. The summed E-state index contributed by atoms with van der Waals surface area (Å²) in [6, 6.07) is 9.56. The molecule has 0 unspecified atom stereocenters. The Bertz CT molecular complexity index is 791. The molecule has 3 rings (SSSR count). The van der Waals surface area contributed by atoms with Crippen LogP contribution in [0.5, 0.6) is 5.75 Å². The minimum absolute atomic E-state index is 0.536. The molecular formula is C16H16N2O2. The maximum atomic E-state index is 6.04. The van der Waals surface area contributed by atoms with Gasteiger partial charge in [0.1, 0.15) is 11.3 Å². The highest BCUT2D eigenvalue weighted by Gasteiger charge is 2.13. The van der Waals surface area contributed by atoms with Gasteiger partial charge in [-0.2, -0.15) is 0 Å². The van der Waals surface area contributed by atoms with E-state index in [0.29, 0.717) is 11.6 Å². The lowest BCUT2D eigenvalue weighted by molar-refractivity contribution is 0.415. The number of nitrogens with zero attached hydrogens (tertiary/aromatic N) is 1. The smallest absolute Gasteiger partial charge is 0.229 e. The second kappa shape index (κ2) is 4.56. The lowest BCUT2D eigenvalue weighted by Crippen LogP contribution is -1.92. The fraction of sp³-hybridized carbons (Fsp3) is 0.188. The van der Waals surface area contributed by atoms with Crippen LogP contribution in [0.1, 0.15) is 11.1 Å². The summed E-state index contributed by atoms with van der Waals surface area (Å²) in [5, 5.41) is 0. The first kappa shape index (κ1) is 12.5. The van der Waals surface area contributed by atoms with Gasteiger partial charge in [-0.3, -0.25) is 0 Å². The number of anilines is 1. The summed E-state index contributed by atoms with van der Waals surface area (Å²) in [6.07, 6.45) is 0. The number of hydrogen-bond acceptors (Lipinski definition) is 4. The molecule has 1 aromatic heterocycles. The summed E-state index contributed by atoms with van der Waals surface area (Å²) in [6.45, 7) is 4.06. The summed E-state index contributed by atoms with van der Waals surface area (Å²) in [5.74, 6) is 1.25. The molecule has 2 N–H and O–H groups in total. The summed E-state index contributed by atoms with van der Waals surface area (Å²) in [4.78, 5) is 4.53. The van der Waals surface area contributed by atoms with E-state index in [1.165, 1.54) is 0 Å². The van der Waals surface area contributed by atoms with Crippen LogP contribution in [-0.2, 0) is 0 Å². The van der Waals surface area contributed by atoms with E-state index < -0.39 is 0 Å². The van der Waals surface area contributed by atoms with Crippen LogP contribution in [0.4, 0.5) is 5.69 Å². The van der Waals surface area contributed by atoms with Crippen molar-refractivity contribution in [2.75, 3.05) is 12.8 Å². The number of benzene rings is 2. The third kappa shape index (κ3) is 1.99. The summed E-state index contributed by atoms with van der Waals surface area (Å²) in [5.41, 5.74) is 11.3. The van der Waals surface area contributed by atoms with Gasteiger partial charge >= 0.3 is 0 Å². The molecule has 0 bridgehead atoms. The molecule has 0 fully saturated rings. The van der Waals surface area contributed by atoms with E-state index in [2.05, 4.69) is 11.1 Å². The molecule has 0 aliphatic rings. The number of methoxy groups -OCH3 is 1. The largest absolute Gasteiger partial charge is 0.497 e. The predicted molar refractivity (Wildman–Crippen MR) is 79.9 cm³/mol. The molecule has 0 amide bonds. The number of hydrogen-bond donors (Lipinski definition) is 1. The number of nitrogens with two attached hydrogens (primary N) is 1. The van der Waals surface area contributed by atoms with Gasteiger partial charge in [-0.05, 0) is 43.2 Å². The quantitative estimate of drug-likeness (QED) is 0.720. The normalized spacial score (nSPS) is 10.9. The monoisotopic (exact) mass is 268 g/mol. The minimum atomic E-state index is 0.536. The van der Waals surface area contributed by atoms with Crippen molar-refractivity contribution in [2.45, 2.75) is 13.8 Å². The van der Waals surface area contributed by atoms with E-state index >= 15 is 0 Å². The van der Waals surface area contributed by atoms with Crippen molar-refractivity contribution in [3.63, 3.8) is 0 Å². The van der Waals surface area contributed by atoms with Crippen molar-refractivity contribution >= 4 is 16.8 Å². The molecule has 4 heteroatoms. The van der Waals surface area contributed by atoms with Gasteiger partial charge in [0.15, 0.2) is 5.58 Å². The topological polar surface area (TPSA) is 61.3 Å². The molecule has 2 aromatic carbocycles. The lowest BCUT2D eigenvalue weighted by Gasteiger charge is -2.04. The Morgan fingerprint density at radius 3 is 2.65 bits per heavy atom. The Morgan fingerprint density at radius 1 is 1.15 bits per heavy atom. The molecule has 0 aliphatic carbocycles. The molecule has 0 spiro atoms. The lowest BCUT2D eigenvalue weighted by atomic mass is 10.1. The highest BCUT2D eigenvalue weighted by Crippen LogP contribution is 2.32. The number of fused-ring (bicyclic) bond motifs is 1. The van der Waals surface area contributed by atoms with Gasteiger partial charge in [-0.25, -0.2) is 4.98 Å². The molecule has 0 radical (unpaired) electrons. The number of aromatic nitrogens is 1. The molecular weight excluding hydrogens is 252 g/mol. The van der Waals surface area contributed by atoms with Crippen molar-refractivity contribution in [2.24, 2.45) is 0 Å². The first-order valence-corrected chi connectivity index (χ1v) is 6.40. The summed E-state index contributed by atoms with van der Waals surface area (Å²) < 4.78 is 11.0. The van der Waals surface area contributed by atoms with Crippen LogP contribution in [0.25, 0.3) is 22.6 Å². The zero-order chi connectivity index (χ0) is 14.3. The molecule has 3 aromatic rings. The highest BCUT2D eigenvalue weighted by molar-refractivity contribution is 5.82. The summed E-state index contributed by atoms with van der Waals surface area (Å²) in [7, 11) is 1.61. The van der Waals surface area contributed by atoms with Crippen molar-refractivity contribution in [3.8, 4) is 17.2 Å². The van der Waals surface area contributed by atoms with Crippen LogP contribution in [0.15, 0.2) is 34.7 Å². The Kier molecular flexibility index (Phi) is 2.86. The zero-order valence-corrected chi connectivity index (χ0v) is 11.7. The molecule has 0 saturated heterocycles. The van der Waals surface area contributed by atoms with Gasteiger partial charge in [0.05, 0.1) is 12.7 Å². The third-order valence-electron chi connectivity index (χ3n) is 3.31. The van der Waals surface area contributed by atoms with Gasteiger partial charge in [0.2, 0.25) is 5.89 Å². The summed E-state index contributed by atoms with van der Waals surface area (Å²) >= 11 is 0. The highest BCUT2D eigenvalue weighted by atomic mass is 16.5. The molecule has 0 saturated carbocycles. The van der Waals surface area contributed by atoms with Crippen LogP contribution >= 0.6 is 0 Å². The van der Waals surface area contributed by atoms with Gasteiger partial charge in [-0.1, -0.05) is 6.07 Å². The average molecular weight is 268 g/mol.